The molecule has 2 nitrogen and oxygen atoms in total. The molecule has 2 heteroatoms. The van der Waals surface area contributed by atoms with Crippen LogP contribution in [0.1, 0.15) is 25.5 Å². The van der Waals surface area contributed by atoms with Crippen molar-refractivity contribution in [2.24, 2.45) is 0 Å². The molecule has 1 saturated heterocycles. The van der Waals surface area contributed by atoms with Crippen molar-refractivity contribution in [3.63, 3.8) is 0 Å². The van der Waals surface area contributed by atoms with Crippen LogP contribution in [0.15, 0.2) is 30.3 Å². The summed E-state index contributed by atoms with van der Waals surface area (Å²) in [5.74, 6) is 0. The topological polar surface area (TPSA) is 15.3 Å². The molecule has 1 aromatic rings. The van der Waals surface area contributed by atoms with Gasteiger partial charge in [-0.15, -0.1) is 0 Å². The smallest absolute Gasteiger partial charge is 0.0450 e. The van der Waals surface area contributed by atoms with Crippen LogP contribution in [0.4, 0.5) is 0 Å². The third-order valence-electron chi connectivity index (χ3n) is 3.47. The van der Waals surface area contributed by atoms with Crippen LogP contribution >= 0.6 is 0 Å². The number of hydrogen-bond donors (Lipinski definition) is 1. The molecular weight excluding hydrogens is 184 g/mol. The van der Waals surface area contributed by atoms with Gasteiger partial charge < -0.3 is 5.32 Å². The van der Waals surface area contributed by atoms with Gasteiger partial charge in [-0.3, -0.25) is 4.90 Å². The van der Waals surface area contributed by atoms with Crippen molar-refractivity contribution >= 4 is 0 Å². The van der Waals surface area contributed by atoms with E-state index in [1.54, 1.807) is 0 Å². The van der Waals surface area contributed by atoms with Crippen LogP contribution in [0, 0.1) is 0 Å². The van der Waals surface area contributed by atoms with E-state index in [9.17, 15) is 0 Å². The molecular formula is C13H20N2. The Balaban J connectivity index is 2.10. The van der Waals surface area contributed by atoms with Gasteiger partial charge in [0.25, 0.3) is 0 Å². The second-order valence-corrected chi connectivity index (χ2v) is 5.04. The largest absolute Gasteiger partial charge is 0.307 e. The highest BCUT2D eigenvalue weighted by atomic mass is 15.2. The molecule has 1 aliphatic heterocycles. The Morgan fingerprint density at radius 2 is 1.93 bits per heavy atom. The Bertz CT molecular complexity index is 319. The van der Waals surface area contributed by atoms with Gasteiger partial charge in [0.15, 0.2) is 0 Å². The van der Waals surface area contributed by atoms with Gasteiger partial charge >= 0.3 is 0 Å². The Kier molecular flexibility index (Phi) is 2.81. The average molecular weight is 204 g/mol. The van der Waals surface area contributed by atoms with E-state index in [1.807, 2.05) is 0 Å². The van der Waals surface area contributed by atoms with E-state index in [-0.39, 0.29) is 5.54 Å². The summed E-state index contributed by atoms with van der Waals surface area (Å²) in [6, 6.07) is 11.2. The molecule has 0 amide bonds. The lowest BCUT2D eigenvalue weighted by atomic mass is 9.95. The Hall–Kier alpha value is -0.860. The highest BCUT2D eigenvalue weighted by molar-refractivity contribution is 5.20. The summed E-state index contributed by atoms with van der Waals surface area (Å²) in [4.78, 5) is 2.43. The molecule has 0 saturated carbocycles. The Morgan fingerprint density at radius 3 is 2.53 bits per heavy atom. The minimum atomic E-state index is 0.269. The van der Waals surface area contributed by atoms with Crippen molar-refractivity contribution in [2.75, 3.05) is 20.1 Å². The van der Waals surface area contributed by atoms with Crippen LogP contribution in [0.3, 0.4) is 0 Å². The lowest BCUT2D eigenvalue weighted by molar-refractivity contribution is 0.0946. The molecule has 15 heavy (non-hydrogen) atoms. The molecule has 0 radical (unpaired) electrons. The second-order valence-electron chi connectivity index (χ2n) is 5.04. The number of likely N-dealkylation sites (N-methyl/N-ethyl adjacent to an activating group) is 1. The lowest BCUT2D eigenvalue weighted by Crippen LogP contribution is -2.57. The fraction of sp³-hybridized carbons (Fsp3) is 0.538. The SMILES string of the molecule is CN1CC(c2ccccc2)NCC1(C)C. The second kappa shape index (κ2) is 3.95. The summed E-state index contributed by atoms with van der Waals surface area (Å²) in [5.41, 5.74) is 1.66. The van der Waals surface area contributed by atoms with Crippen LogP contribution < -0.4 is 5.32 Å². The van der Waals surface area contributed by atoms with Gasteiger partial charge in [0, 0.05) is 24.7 Å². The summed E-state index contributed by atoms with van der Waals surface area (Å²) < 4.78 is 0. The minimum Gasteiger partial charge on any atom is -0.307 e. The first kappa shape index (κ1) is 10.7. The average Bonchev–Trinajstić information content (AvgIpc) is 2.23. The highest BCUT2D eigenvalue weighted by Crippen LogP contribution is 2.23. The maximum Gasteiger partial charge on any atom is 0.0450 e. The van der Waals surface area contributed by atoms with Crippen LogP contribution in [0.5, 0.6) is 0 Å². The van der Waals surface area contributed by atoms with E-state index < -0.39 is 0 Å². The van der Waals surface area contributed by atoms with Gasteiger partial charge in [-0.1, -0.05) is 30.3 Å². The summed E-state index contributed by atoms with van der Waals surface area (Å²) in [7, 11) is 2.21. The van der Waals surface area contributed by atoms with E-state index >= 15 is 0 Å². The number of piperazine rings is 1. The quantitative estimate of drug-likeness (QED) is 0.753. The number of nitrogens with one attached hydrogen (secondary N) is 1. The van der Waals surface area contributed by atoms with E-state index in [2.05, 4.69) is 61.4 Å². The first-order chi connectivity index (χ1) is 7.09. The monoisotopic (exact) mass is 204 g/mol. The zero-order valence-corrected chi connectivity index (χ0v) is 9.83. The van der Waals surface area contributed by atoms with Crippen molar-refractivity contribution in [1.29, 1.82) is 0 Å². The number of benzene rings is 1. The molecule has 0 aromatic heterocycles. The van der Waals surface area contributed by atoms with Crippen molar-refractivity contribution in [3.8, 4) is 0 Å². The molecule has 1 atom stereocenters. The fourth-order valence-electron chi connectivity index (χ4n) is 2.00. The molecule has 1 unspecified atom stereocenters. The summed E-state index contributed by atoms with van der Waals surface area (Å²) >= 11 is 0. The maximum atomic E-state index is 3.61. The van der Waals surface area contributed by atoms with Crippen LogP contribution in [0.2, 0.25) is 0 Å². The van der Waals surface area contributed by atoms with Gasteiger partial charge in [-0.2, -0.15) is 0 Å². The van der Waals surface area contributed by atoms with Gasteiger partial charge in [-0.25, -0.2) is 0 Å². The third kappa shape index (κ3) is 2.21. The normalized spacial score (nSPS) is 26.5. The van der Waals surface area contributed by atoms with E-state index in [4.69, 9.17) is 0 Å². The van der Waals surface area contributed by atoms with Crippen LogP contribution in [-0.4, -0.2) is 30.6 Å². The van der Waals surface area contributed by atoms with Gasteiger partial charge in [0.05, 0.1) is 0 Å². The Morgan fingerprint density at radius 1 is 1.27 bits per heavy atom. The van der Waals surface area contributed by atoms with Crippen molar-refractivity contribution < 1.29 is 0 Å². The van der Waals surface area contributed by atoms with Gasteiger partial charge in [-0.05, 0) is 26.5 Å². The van der Waals surface area contributed by atoms with Crippen molar-refractivity contribution in [1.82, 2.24) is 10.2 Å². The molecule has 1 aliphatic rings. The number of nitrogens with zero attached hydrogens (tertiary/aromatic N) is 1. The zero-order chi connectivity index (χ0) is 10.9. The van der Waals surface area contributed by atoms with E-state index in [1.165, 1.54) is 5.56 Å². The van der Waals surface area contributed by atoms with Crippen LogP contribution in [0.25, 0.3) is 0 Å². The molecule has 1 aromatic carbocycles. The standard InChI is InChI=1S/C13H20N2/c1-13(2)10-14-12(9-15(13)3)11-7-5-4-6-8-11/h4-8,12,14H,9-10H2,1-3H3. The predicted molar refractivity (Wildman–Crippen MR) is 63.9 cm³/mol. The molecule has 0 bridgehead atoms. The zero-order valence-electron chi connectivity index (χ0n) is 9.83. The molecule has 2 rings (SSSR count). The molecule has 1 heterocycles. The number of rotatable bonds is 1. The lowest BCUT2D eigenvalue weighted by Gasteiger charge is -2.44. The van der Waals surface area contributed by atoms with Crippen molar-refractivity contribution in [2.45, 2.75) is 25.4 Å². The molecule has 0 spiro atoms. The Labute approximate surface area is 92.3 Å². The summed E-state index contributed by atoms with van der Waals surface area (Å²) in [6.45, 7) is 6.68. The van der Waals surface area contributed by atoms with Crippen molar-refractivity contribution in [3.05, 3.63) is 35.9 Å². The number of hydrogen-bond acceptors (Lipinski definition) is 2. The van der Waals surface area contributed by atoms with Gasteiger partial charge in [0.1, 0.15) is 0 Å². The molecule has 1 N–H and O–H groups in total. The molecule has 0 aliphatic carbocycles. The minimum absolute atomic E-state index is 0.269. The first-order valence-electron chi connectivity index (χ1n) is 5.59. The third-order valence-corrected chi connectivity index (χ3v) is 3.47. The summed E-state index contributed by atoms with van der Waals surface area (Å²) in [5, 5.41) is 3.61. The van der Waals surface area contributed by atoms with E-state index in [0.29, 0.717) is 6.04 Å². The summed E-state index contributed by atoms with van der Waals surface area (Å²) in [6.07, 6.45) is 0. The fourth-order valence-corrected chi connectivity index (χ4v) is 2.00. The van der Waals surface area contributed by atoms with E-state index in [0.717, 1.165) is 13.1 Å². The maximum absolute atomic E-state index is 3.61. The van der Waals surface area contributed by atoms with Crippen LogP contribution in [-0.2, 0) is 0 Å². The molecule has 82 valence electrons. The predicted octanol–water partition coefficient (Wildman–Crippen LogP) is 2.04. The molecule has 1 fully saturated rings. The first-order valence-corrected chi connectivity index (χ1v) is 5.59. The highest BCUT2D eigenvalue weighted by Gasteiger charge is 2.31. The van der Waals surface area contributed by atoms with Gasteiger partial charge in [0.2, 0.25) is 0 Å².